The van der Waals surface area contributed by atoms with E-state index >= 15 is 0 Å². The molecule has 3 aliphatic rings. The number of aliphatic imine (C=N–C) groups is 1. The Labute approximate surface area is 213 Å². The molecule has 0 saturated carbocycles. The molecule has 2 atom stereocenters. The van der Waals surface area contributed by atoms with Gasteiger partial charge in [0.2, 0.25) is 11.8 Å². The van der Waals surface area contributed by atoms with Crippen LogP contribution in [-0.4, -0.2) is 73.6 Å². The number of carbonyl (C=O) groups excluding carboxylic acids is 2. The van der Waals surface area contributed by atoms with E-state index in [9.17, 15) is 9.59 Å². The number of nitrogens with zero attached hydrogens (tertiary/aromatic N) is 4. The lowest BCUT2D eigenvalue weighted by atomic mass is 10.0. The summed E-state index contributed by atoms with van der Waals surface area (Å²) in [6.07, 6.45) is -0.336. The monoisotopic (exact) mass is 514 g/mol. The molecule has 5 rings (SSSR count). The minimum Gasteiger partial charge on any atom is -0.497 e. The molecule has 3 aliphatic heterocycles. The van der Waals surface area contributed by atoms with E-state index in [2.05, 4.69) is 15.8 Å². The Kier molecular flexibility index (Phi) is 7.14. The van der Waals surface area contributed by atoms with E-state index in [4.69, 9.17) is 21.3 Å². The lowest BCUT2D eigenvalue weighted by Crippen LogP contribution is -2.51. The topological polar surface area (TPSA) is 89.5 Å². The lowest BCUT2D eigenvalue weighted by Gasteiger charge is -2.36. The summed E-state index contributed by atoms with van der Waals surface area (Å²) in [5.41, 5.74) is 7.88. The van der Waals surface area contributed by atoms with E-state index < -0.39 is 0 Å². The lowest BCUT2D eigenvalue weighted by molar-refractivity contribution is -0.128. The summed E-state index contributed by atoms with van der Waals surface area (Å²) in [6.45, 7) is 3.32. The maximum absolute atomic E-state index is 13.3. The fourth-order valence-corrected chi connectivity index (χ4v) is 5.50. The van der Waals surface area contributed by atoms with Gasteiger partial charge < -0.3 is 14.5 Å². The van der Waals surface area contributed by atoms with Crippen LogP contribution in [0, 0.1) is 5.92 Å². The fourth-order valence-electron chi connectivity index (χ4n) is 4.42. The van der Waals surface area contributed by atoms with Crippen LogP contribution in [0.1, 0.15) is 0 Å². The number of carbonyl (C=O) groups is 2. The molecule has 2 N–H and O–H groups in total. The molecule has 35 heavy (non-hydrogen) atoms. The van der Waals surface area contributed by atoms with Crippen molar-refractivity contribution in [3.05, 3.63) is 53.6 Å². The molecule has 2 aromatic rings. The molecular formula is C24H27ClN6O3S. The number of hydrazine groups is 1. The van der Waals surface area contributed by atoms with Crippen molar-refractivity contribution < 1.29 is 14.3 Å². The zero-order valence-corrected chi connectivity index (χ0v) is 20.9. The minimum atomic E-state index is -0.336. The van der Waals surface area contributed by atoms with Gasteiger partial charge in [-0.05, 0) is 48.5 Å². The first kappa shape index (κ1) is 23.9. The van der Waals surface area contributed by atoms with E-state index in [0.717, 1.165) is 24.5 Å². The average molecular weight is 515 g/mol. The first-order valence-electron chi connectivity index (χ1n) is 11.5. The smallest absolute Gasteiger partial charge is 0.241 e. The second kappa shape index (κ2) is 10.4. The maximum atomic E-state index is 13.3. The molecule has 2 aromatic carbocycles. The van der Waals surface area contributed by atoms with Crippen molar-refractivity contribution in [2.75, 3.05) is 55.4 Å². The van der Waals surface area contributed by atoms with Gasteiger partial charge in [0.25, 0.3) is 0 Å². The van der Waals surface area contributed by atoms with Crippen molar-refractivity contribution in [3.8, 4) is 5.75 Å². The second-order valence-corrected chi connectivity index (χ2v) is 9.87. The zero-order valence-electron chi connectivity index (χ0n) is 19.3. The number of anilines is 2. The molecule has 0 aromatic heterocycles. The van der Waals surface area contributed by atoms with Gasteiger partial charge in [0, 0.05) is 43.4 Å². The van der Waals surface area contributed by atoms with Crippen LogP contribution in [0.25, 0.3) is 0 Å². The Hall–Kier alpha value is -2.79. The van der Waals surface area contributed by atoms with Gasteiger partial charge in [-0.3, -0.25) is 19.9 Å². The number of nitrogens with one attached hydrogen (secondary N) is 2. The highest BCUT2D eigenvalue weighted by atomic mass is 35.5. The normalized spacial score (nSPS) is 22.2. The standard InChI is InChI=1S/C24H27ClN6O3S/c1-34-19-8-6-17(7-9-19)29-10-12-30(13-11-29)21(32)15-35-24-27-22-20(14-26-28-22)23(33)31(24)18-4-2-16(25)3-5-18/h2-9,20,22,26,28H,10-15H2,1H3. The summed E-state index contributed by atoms with van der Waals surface area (Å²) in [5.74, 6) is 0.731. The summed E-state index contributed by atoms with van der Waals surface area (Å²) < 4.78 is 5.23. The van der Waals surface area contributed by atoms with Crippen molar-refractivity contribution in [2.45, 2.75) is 6.17 Å². The number of piperazine rings is 1. The van der Waals surface area contributed by atoms with Gasteiger partial charge in [-0.15, -0.1) is 0 Å². The van der Waals surface area contributed by atoms with Crippen molar-refractivity contribution in [2.24, 2.45) is 10.9 Å². The maximum Gasteiger partial charge on any atom is 0.241 e. The van der Waals surface area contributed by atoms with Crippen LogP contribution in [0.15, 0.2) is 53.5 Å². The summed E-state index contributed by atoms with van der Waals surface area (Å²) in [6, 6.07) is 15.1. The van der Waals surface area contributed by atoms with Gasteiger partial charge >= 0.3 is 0 Å². The summed E-state index contributed by atoms with van der Waals surface area (Å²) in [5, 5.41) is 1.11. The second-order valence-electron chi connectivity index (χ2n) is 8.49. The van der Waals surface area contributed by atoms with Gasteiger partial charge in [0.15, 0.2) is 5.17 Å². The predicted molar refractivity (Wildman–Crippen MR) is 139 cm³/mol. The number of methoxy groups -OCH3 is 1. The van der Waals surface area contributed by atoms with Crippen molar-refractivity contribution in [1.29, 1.82) is 0 Å². The number of rotatable bonds is 5. The average Bonchev–Trinajstić information content (AvgIpc) is 3.37. The van der Waals surface area contributed by atoms with E-state index in [0.29, 0.717) is 35.5 Å². The first-order valence-corrected chi connectivity index (χ1v) is 12.8. The number of ether oxygens (including phenoxy) is 1. The molecule has 3 heterocycles. The first-order chi connectivity index (χ1) is 17.0. The number of thioether (sulfide) groups is 1. The largest absolute Gasteiger partial charge is 0.497 e. The summed E-state index contributed by atoms with van der Waals surface area (Å²) >= 11 is 7.34. The quantitative estimate of drug-likeness (QED) is 0.632. The predicted octanol–water partition coefficient (Wildman–Crippen LogP) is 2.18. The molecule has 0 radical (unpaired) electrons. The number of amides is 2. The highest BCUT2D eigenvalue weighted by Gasteiger charge is 2.42. The van der Waals surface area contributed by atoms with Gasteiger partial charge in [0.1, 0.15) is 11.9 Å². The van der Waals surface area contributed by atoms with Crippen LogP contribution in [-0.2, 0) is 9.59 Å². The third-order valence-electron chi connectivity index (χ3n) is 6.41. The molecule has 2 saturated heterocycles. The Morgan fingerprint density at radius 2 is 1.77 bits per heavy atom. The number of fused-ring (bicyclic) bond motifs is 1. The molecule has 11 heteroatoms. The third kappa shape index (κ3) is 5.11. The number of halogens is 1. The Morgan fingerprint density at radius 1 is 1.09 bits per heavy atom. The number of benzene rings is 2. The number of hydrogen-bond acceptors (Lipinski definition) is 8. The van der Waals surface area contributed by atoms with Crippen molar-refractivity contribution >= 4 is 51.7 Å². The molecular weight excluding hydrogens is 488 g/mol. The summed E-state index contributed by atoms with van der Waals surface area (Å²) in [7, 11) is 1.65. The molecule has 0 bridgehead atoms. The Morgan fingerprint density at radius 3 is 2.46 bits per heavy atom. The number of amidine groups is 1. The van der Waals surface area contributed by atoms with E-state index in [1.165, 1.54) is 11.8 Å². The molecule has 0 spiro atoms. The van der Waals surface area contributed by atoms with Crippen LogP contribution in [0.2, 0.25) is 5.02 Å². The van der Waals surface area contributed by atoms with E-state index in [1.54, 1.807) is 36.3 Å². The van der Waals surface area contributed by atoms with Gasteiger partial charge in [-0.25, -0.2) is 10.4 Å². The van der Waals surface area contributed by atoms with Crippen LogP contribution in [0.5, 0.6) is 5.75 Å². The minimum absolute atomic E-state index is 0.0372. The van der Waals surface area contributed by atoms with Crippen molar-refractivity contribution in [3.63, 3.8) is 0 Å². The molecule has 9 nitrogen and oxygen atoms in total. The Bertz CT molecular complexity index is 1110. The highest BCUT2D eigenvalue weighted by Crippen LogP contribution is 2.30. The van der Waals surface area contributed by atoms with Crippen molar-refractivity contribution in [1.82, 2.24) is 15.8 Å². The van der Waals surface area contributed by atoms with Gasteiger partial charge in [0.05, 0.1) is 24.5 Å². The summed E-state index contributed by atoms with van der Waals surface area (Å²) in [4.78, 5) is 36.8. The molecule has 184 valence electrons. The van der Waals surface area contributed by atoms with E-state index in [1.807, 2.05) is 29.2 Å². The highest BCUT2D eigenvalue weighted by molar-refractivity contribution is 8.14. The third-order valence-corrected chi connectivity index (χ3v) is 7.60. The molecule has 2 amide bonds. The van der Waals surface area contributed by atoms with Crippen LogP contribution < -0.4 is 25.4 Å². The van der Waals surface area contributed by atoms with E-state index in [-0.39, 0.29) is 29.7 Å². The van der Waals surface area contributed by atoms with Gasteiger partial charge in [-0.1, -0.05) is 23.4 Å². The van der Waals surface area contributed by atoms with Gasteiger partial charge in [-0.2, -0.15) is 0 Å². The molecule has 0 aliphatic carbocycles. The number of hydrogen-bond donors (Lipinski definition) is 2. The zero-order chi connectivity index (χ0) is 24.4. The van der Waals surface area contributed by atoms with Crippen LogP contribution in [0.3, 0.4) is 0 Å². The van der Waals surface area contributed by atoms with Crippen LogP contribution >= 0.6 is 23.4 Å². The SMILES string of the molecule is COc1ccc(N2CCN(C(=O)CSC3=NC4NNCC4C(=O)N3c3ccc(Cl)cc3)CC2)cc1. The molecule has 2 fully saturated rings. The fraction of sp³-hybridized carbons (Fsp3) is 0.375. The van der Waals surface area contributed by atoms with Crippen LogP contribution in [0.4, 0.5) is 11.4 Å². The Balaban J connectivity index is 1.22. The molecule has 2 unspecified atom stereocenters.